The van der Waals surface area contributed by atoms with Crippen LogP contribution in [0.25, 0.3) is 16.9 Å². The van der Waals surface area contributed by atoms with Crippen LogP contribution in [-0.4, -0.2) is 41.7 Å². The van der Waals surface area contributed by atoms with E-state index in [1.807, 2.05) is 12.1 Å². The number of fused-ring (bicyclic) bond motifs is 1. The summed E-state index contributed by atoms with van der Waals surface area (Å²) >= 11 is 5.97. The van der Waals surface area contributed by atoms with Crippen molar-refractivity contribution in [2.75, 3.05) is 5.32 Å². The van der Waals surface area contributed by atoms with Gasteiger partial charge in [0.2, 0.25) is 5.28 Å². The Morgan fingerprint density at radius 2 is 2.04 bits per heavy atom. The molecule has 3 rings (SSSR count). The van der Waals surface area contributed by atoms with Gasteiger partial charge in [0.1, 0.15) is 12.4 Å². The van der Waals surface area contributed by atoms with Crippen LogP contribution in [0.15, 0.2) is 30.6 Å². The highest BCUT2D eigenvalue weighted by Gasteiger charge is 2.18. The lowest BCUT2D eigenvalue weighted by Crippen LogP contribution is -2.26. The molecule has 1 atom stereocenters. The maximum atomic E-state index is 11.0. The largest absolute Gasteiger partial charge is 0.480 e. The maximum absolute atomic E-state index is 11.0. The third kappa shape index (κ3) is 3.01. The lowest BCUT2D eigenvalue weighted by Gasteiger charge is -2.10. The zero-order valence-corrected chi connectivity index (χ0v) is 13.4. The number of aliphatic hydroxyl groups is 1. The van der Waals surface area contributed by atoms with Crippen LogP contribution >= 0.6 is 11.6 Å². The molecule has 1 aromatic carbocycles. The Bertz CT molecular complexity index is 894. The number of imidazole rings is 1. The number of aromatic nitrogens is 4. The number of carboxylic acids is 1. The van der Waals surface area contributed by atoms with Gasteiger partial charge < -0.3 is 15.5 Å². The van der Waals surface area contributed by atoms with Gasteiger partial charge in [0, 0.05) is 5.69 Å². The maximum Gasteiger partial charge on any atom is 0.325 e. The molecule has 124 valence electrons. The molecule has 0 aliphatic rings. The van der Waals surface area contributed by atoms with Crippen molar-refractivity contribution >= 4 is 34.6 Å². The van der Waals surface area contributed by atoms with E-state index in [-0.39, 0.29) is 17.7 Å². The van der Waals surface area contributed by atoms with Crippen molar-refractivity contribution in [2.24, 2.45) is 0 Å². The van der Waals surface area contributed by atoms with Crippen LogP contribution in [0.2, 0.25) is 5.28 Å². The Morgan fingerprint density at radius 3 is 2.67 bits per heavy atom. The molecule has 0 aliphatic heterocycles. The number of benzene rings is 1. The highest BCUT2D eigenvalue weighted by Crippen LogP contribution is 2.24. The number of aliphatic carboxylic acids is 1. The van der Waals surface area contributed by atoms with Crippen molar-refractivity contribution in [2.45, 2.75) is 19.6 Å². The number of carboxylic acid groups (broad SMARTS) is 1. The lowest BCUT2D eigenvalue weighted by atomic mass is 10.2. The Balaban J connectivity index is 2.08. The van der Waals surface area contributed by atoms with Crippen molar-refractivity contribution in [3.8, 4) is 5.69 Å². The minimum absolute atomic E-state index is 0.0173. The quantitative estimate of drug-likeness (QED) is 0.603. The van der Waals surface area contributed by atoms with Crippen molar-refractivity contribution in [1.82, 2.24) is 19.5 Å². The van der Waals surface area contributed by atoms with E-state index in [0.29, 0.717) is 11.2 Å². The number of nitrogens with one attached hydrogen (secondary N) is 1. The van der Waals surface area contributed by atoms with E-state index in [4.69, 9.17) is 21.8 Å². The summed E-state index contributed by atoms with van der Waals surface area (Å²) in [6.07, 6.45) is 1.56. The van der Waals surface area contributed by atoms with Crippen molar-refractivity contribution in [3.05, 3.63) is 41.4 Å². The average molecular weight is 348 g/mol. The first kappa shape index (κ1) is 16.2. The number of nitrogens with zero attached hydrogens (tertiary/aromatic N) is 4. The normalized spacial score (nSPS) is 12.3. The number of aliphatic hydroxyl groups excluding tert-OH is 1. The van der Waals surface area contributed by atoms with Crippen LogP contribution in [-0.2, 0) is 11.4 Å². The zero-order valence-electron chi connectivity index (χ0n) is 12.6. The fourth-order valence-corrected chi connectivity index (χ4v) is 2.36. The Kier molecular flexibility index (Phi) is 4.32. The Morgan fingerprint density at radius 1 is 1.33 bits per heavy atom. The molecule has 0 spiro atoms. The molecule has 0 amide bonds. The summed E-state index contributed by atoms with van der Waals surface area (Å²) in [5.41, 5.74) is 2.43. The van der Waals surface area contributed by atoms with E-state index in [2.05, 4.69) is 20.3 Å². The lowest BCUT2D eigenvalue weighted by molar-refractivity contribution is -0.137. The van der Waals surface area contributed by atoms with Crippen LogP contribution < -0.4 is 5.32 Å². The van der Waals surface area contributed by atoms with Crippen LogP contribution in [0.4, 0.5) is 5.82 Å². The summed E-state index contributed by atoms with van der Waals surface area (Å²) in [4.78, 5) is 23.5. The summed E-state index contributed by atoms with van der Waals surface area (Å²) in [6.45, 7) is 1.45. The molecule has 0 saturated heterocycles. The highest BCUT2D eigenvalue weighted by molar-refractivity contribution is 6.28. The number of halogens is 1. The van der Waals surface area contributed by atoms with Crippen LogP contribution in [0, 0.1) is 0 Å². The third-order valence-corrected chi connectivity index (χ3v) is 3.66. The average Bonchev–Trinajstić information content (AvgIpc) is 2.98. The van der Waals surface area contributed by atoms with Crippen LogP contribution in [0.3, 0.4) is 0 Å². The van der Waals surface area contributed by atoms with Crippen molar-refractivity contribution in [3.63, 3.8) is 0 Å². The number of carbonyl (C=O) groups is 1. The molecule has 0 aliphatic carbocycles. The molecule has 9 heteroatoms. The molecule has 0 fully saturated rings. The predicted molar refractivity (Wildman–Crippen MR) is 88.3 cm³/mol. The predicted octanol–water partition coefficient (Wildman–Crippen LogP) is 1.85. The van der Waals surface area contributed by atoms with Gasteiger partial charge in [-0.2, -0.15) is 9.97 Å². The van der Waals surface area contributed by atoms with E-state index >= 15 is 0 Å². The second-order valence-electron chi connectivity index (χ2n) is 5.16. The first-order chi connectivity index (χ1) is 11.5. The fraction of sp³-hybridized carbons (Fsp3) is 0.200. The van der Waals surface area contributed by atoms with Gasteiger partial charge >= 0.3 is 5.97 Å². The smallest absolute Gasteiger partial charge is 0.325 e. The Labute approximate surface area is 141 Å². The SMILES string of the molecule is CC(Nc1nc(Cl)nc2c1ncn2-c1ccc(CO)cc1)C(=O)O. The first-order valence-electron chi connectivity index (χ1n) is 7.09. The summed E-state index contributed by atoms with van der Waals surface area (Å²) in [7, 11) is 0. The topological polar surface area (TPSA) is 113 Å². The number of anilines is 1. The molecule has 3 aromatic rings. The van der Waals surface area contributed by atoms with E-state index in [1.54, 1.807) is 23.0 Å². The molecule has 24 heavy (non-hydrogen) atoms. The van der Waals surface area contributed by atoms with Crippen molar-refractivity contribution < 1.29 is 15.0 Å². The number of hydrogen-bond donors (Lipinski definition) is 3. The Hall–Kier alpha value is -2.71. The molecule has 0 bridgehead atoms. The monoisotopic (exact) mass is 347 g/mol. The fourth-order valence-electron chi connectivity index (χ4n) is 2.19. The van der Waals surface area contributed by atoms with Gasteiger partial charge in [0.15, 0.2) is 17.0 Å². The van der Waals surface area contributed by atoms with Gasteiger partial charge in [-0.15, -0.1) is 0 Å². The van der Waals surface area contributed by atoms with Gasteiger partial charge in [-0.3, -0.25) is 9.36 Å². The molecule has 0 saturated carbocycles. The molecule has 2 heterocycles. The first-order valence-corrected chi connectivity index (χ1v) is 7.47. The molecular weight excluding hydrogens is 334 g/mol. The summed E-state index contributed by atoms with van der Waals surface area (Å²) in [5.74, 6) is -0.762. The number of rotatable bonds is 5. The number of hydrogen-bond acceptors (Lipinski definition) is 6. The highest BCUT2D eigenvalue weighted by atomic mass is 35.5. The van der Waals surface area contributed by atoms with Crippen LogP contribution in [0.5, 0.6) is 0 Å². The molecule has 1 unspecified atom stereocenters. The van der Waals surface area contributed by atoms with E-state index in [0.717, 1.165) is 11.3 Å². The minimum Gasteiger partial charge on any atom is -0.480 e. The second-order valence-corrected chi connectivity index (χ2v) is 5.49. The van der Waals surface area contributed by atoms with Crippen molar-refractivity contribution in [1.29, 1.82) is 0 Å². The standard InChI is InChI=1S/C15H14ClN5O3/c1-8(14(23)24)18-12-11-13(20-15(16)19-12)21(7-17-11)10-4-2-9(6-22)3-5-10/h2-5,7-8,22H,6H2,1H3,(H,23,24)(H,18,19,20). The molecule has 0 radical (unpaired) electrons. The van der Waals surface area contributed by atoms with E-state index < -0.39 is 12.0 Å². The van der Waals surface area contributed by atoms with Gasteiger partial charge in [0.05, 0.1) is 6.61 Å². The van der Waals surface area contributed by atoms with Crippen LogP contribution in [0.1, 0.15) is 12.5 Å². The molecule has 3 N–H and O–H groups in total. The van der Waals surface area contributed by atoms with E-state index in [9.17, 15) is 4.79 Å². The van der Waals surface area contributed by atoms with Gasteiger partial charge in [0.25, 0.3) is 0 Å². The van der Waals surface area contributed by atoms with Gasteiger partial charge in [-0.25, -0.2) is 4.98 Å². The summed E-state index contributed by atoms with van der Waals surface area (Å²) in [6, 6.07) is 6.35. The van der Waals surface area contributed by atoms with E-state index in [1.165, 1.54) is 6.92 Å². The molecular formula is C15H14ClN5O3. The summed E-state index contributed by atoms with van der Waals surface area (Å²) < 4.78 is 1.71. The minimum atomic E-state index is -1.02. The second kappa shape index (κ2) is 6.42. The third-order valence-electron chi connectivity index (χ3n) is 3.49. The van der Waals surface area contributed by atoms with Gasteiger partial charge in [-0.05, 0) is 36.2 Å². The summed E-state index contributed by atoms with van der Waals surface area (Å²) in [5, 5.41) is 20.9. The van der Waals surface area contributed by atoms with Gasteiger partial charge in [-0.1, -0.05) is 12.1 Å². The molecule has 2 aromatic heterocycles. The zero-order chi connectivity index (χ0) is 17.3. The molecule has 8 nitrogen and oxygen atoms in total.